The minimum Gasteiger partial charge on any atom is -0.491 e. The lowest BCUT2D eigenvalue weighted by Gasteiger charge is -2.41. The second-order valence-corrected chi connectivity index (χ2v) is 9.83. The van der Waals surface area contributed by atoms with Crippen LogP contribution in [-0.2, 0) is 4.79 Å². The molecule has 0 aromatic heterocycles. The standard InChI is InChI=1S/C27H30N2O3/c1-15-4-6-18(7-5-15)24-22(21-9-8-20(32-11-10-30)12-19(21)14-28)13-23-16(2)27(23)25(24)17(3)29-26(27)31/h4-9,12,16-17,22-25,30H,10-11,13H2,1-3H3,(H,29,31)/t16?,17-,22+,23?,24?,25+,27-/m1/s1. The molecule has 2 aromatic carbocycles. The highest BCUT2D eigenvalue weighted by molar-refractivity contribution is 5.90. The number of nitriles is 1. The Balaban J connectivity index is 1.62. The van der Waals surface area contributed by atoms with Crippen LogP contribution in [0.25, 0.3) is 0 Å². The minimum atomic E-state index is -0.275. The fourth-order valence-electron chi connectivity index (χ4n) is 7.03. The maximum absolute atomic E-state index is 13.1. The van der Waals surface area contributed by atoms with Gasteiger partial charge in [0.2, 0.25) is 5.91 Å². The Morgan fingerprint density at radius 2 is 1.97 bits per heavy atom. The van der Waals surface area contributed by atoms with Gasteiger partial charge in [0.25, 0.3) is 0 Å². The molecule has 1 spiro atoms. The molecular formula is C27H30N2O3. The van der Waals surface area contributed by atoms with Crippen LogP contribution in [0.2, 0.25) is 0 Å². The Morgan fingerprint density at radius 1 is 1.22 bits per heavy atom. The molecule has 2 aromatic rings. The molecule has 3 unspecified atom stereocenters. The van der Waals surface area contributed by atoms with E-state index in [1.807, 2.05) is 12.1 Å². The second-order valence-electron chi connectivity index (χ2n) is 9.83. The highest BCUT2D eigenvalue weighted by Gasteiger charge is 2.78. The van der Waals surface area contributed by atoms with E-state index in [1.165, 1.54) is 11.1 Å². The van der Waals surface area contributed by atoms with Gasteiger partial charge in [0, 0.05) is 12.0 Å². The number of amides is 1. The van der Waals surface area contributed by atoms with Gasteiger partial charge in [-0.15, -0.1) is 0 Å². The molecule has 1 amide bonds. The molecule has 166 valence electrons. The summed E-state index contributed by atoms with van der Waals surface area (Å²) in [5.74, 6) is 2.03. The Morgan fingerprint density at radius 3 is 2.66 bits per heavy atom. The van der Waals surface area contributed by atoms with Gasteiger partial charge in [-0.25, -0.2) is 0 Å². The van der Waals surface area contributed by atoms with Gasteiger partial charge in [-0.2, -0.15) is 5.26 Å². The Hall–Kier alpha value is -2.84. The lowest BCUT2D eigenvalue weighted by atomic mass is 9.61. The molecular weight excluding hydrogens is 400 g/mol. The highest BCUT2D eigenvalue weighted by Crippen LogP contribution is 2.76. The summed E-state index contributed by atoms with van der Waals surface area (Å²) in [6.07, 6.45) is 0.905. The number of aliphatic hydroxyl groups excluding tert-OH is 1. The third-order valence-corrected chi connectivity index (χ3v) is 8.40. The van der Waals surface area contributed by atoms with Crippen LogP contribution in [0.3, 0.4) is 0 Å². The average Bonchev–Trinajstić information content (AvgIpc) is 3.30. The number of aryl methyl sites for hydroxylation is 1. The molecule has 3 aliphatic rings. The fourth-order valence-corrected chi connectivity index (χ4v) is 7.03. The molecule has 1 heterocycles. The largest absolute Gasteiger partial charge is 0.491 e. The lowest BCUT2D eigenvalue weighted by molar-refractivity contribution is -0.125. The van der Waals surface area contributed by atoms with Gasteiger partial charge in [0.1, 0.15) is 12.4 Å². The van der Waals surface area contributed by atoms with Crippen LogP contribution in [-0.4, -0.2) is 30.3 Å². The van der Waals surface area contributed by atoms with Crippen LogP contribution in [0, 0.1) is 41.4 Å². The van der Waals surface area contributed by atoms with Gasteiger partial charge in [-0.3, -0.25) is 4.79 Å². The van der Waals surface area contributed by atoms with Crippen LogP contribution in [0.4, 0.5) is 0 Å². The van der Waals surface area contributed by atoms with Crippen molar-refractivity contribution < 1.29 is 14.6 Å². The predicted molar refractivity (Wildman–Crippen MR) is 121 cm³/mol. The molecule has 3 fully saturated rings. The molecule has 1 aliphatic heterocycles. The molecule has 1 saturated heterocycles. The van der Waals surface area contributed by atoms with E-state index < -0.39 is 0 Å². The van der Waals surface area contributed by atoms with E-state index in [4.69, 9.17) is 9.84 Å². The van der Waals surface area contributed by atoms with Gasteiger partial charge in [0.05, 0.1) is 23.7 Å². The van der Waals surface area contributed by atoms with Crippen molar-refractivity contribution in [3.05, 3.63) is 64.7 Å². The fraction of sp³-hybridized carbons (Fsp3) is 0.481. The molecule has 2 saturated carbocycles. The van der Waals surface area contributed by atoms with E-state index in [-0.39, 0.29) is 48.3 Å². The summed E-state index contributed by atoms with van der Waals surface area (Å²) in [6, 6.07) is 16.9. The number of carbonyl (C=O) groups is 1. The molecule has 0 radical (unpaired) electrons. The Labute approximate surface area is 189 Å². The summed E-state index contributed by atoms with van der Waals surface area (Å²) in [7, 11) is 0. The quantitative estimate of drug-likeness (QED) is 0.754. The third kappa shape index (κ3) is 2.89. The summed E-state index contributed by atoms with van der Waals surface area (Å²) in [4.78, 5) is 13.1. The maximum atomic E-state index is 13.1. The summed E-state index contributed by atoms with van der Waals surface area (Å²) in [6.45, 7) is 6.59. The average molecular weight is 431 g/mol. The van der Waals surface area contributed by atoms with Gasteiger partial charge < -0.3 is 15.2 Å². The first kappa shape index (κ1) is 21.0. The predicted octanol–water partition coefficient (Wildman–Crippen LogP) is 3.90. The molecule has 5 nitrogen and oxygen atoms in total. The van der Waals surface area contributed by atoms with Gasteiger partial charge in [-0.05, 0) is 67.2 Å². The van der Waals surface area contributed by atoms with Crippen molar-refractivity contribution in [3.63, 3.8) is 0 Å². The van der Waals surface area contributed by atoms with Gasteiger partial charge in [-0.1, -0.05) is 42.8 Å². The van der Waals surface area contributed by atoms with E-state index in [0.29, 0.717) is 23.1 Å². The molecule has 2 N–H and O–H groups in total. The van der Waals surface area contributed by atoms with Crippen molar-refractivity contribution in [3.8, 4) is 11.8 Å². The van der Waals surface area contributed by atoms with Crippen molar-refractivity contribution in [1.82, 2.24) is 5.32 Å². The summed E-state index contributed by atoms with van der Waals surface area (Å²) < 4.78 is 5.55. The first-order valence-corrected chi connectivity index (χ1v) is 11.6. The second kappa shape index (κ2) is 7.64. The number of rotatable bonds is 5. The number of benzene rings is 2. The number of aliphatic hydroxyl groups is 1. The molecule has 5 heteroatoms. The monoisotopic (exact) mass is 430 g/mol. The topological polar surface area (TPSA) is 82.3 Å². The van der Waals surface area contributed by atoms with E-state index >= 15 is 0 Å². The lowest BCUT2D eigenvalue weighted by Crippen LogP contribution is -2.37. The maximum Gasteiger partial charge on any atom is 0.227 e. The zero-order chi connectivity index (χ0) is 22.6. The van der Waals surface area contributed by atoms with Crippen molar-refractivity contribution in [2.45, 2.75) is 45.1 Å². The third-order valence-electron chi connectivity index (χ3n) is 8.40. The van der Waals surface area contributed by atoms with E-state index in [2.05, 4.69) is 56.4 Å². The molecule has 32 heavy (non-hydrogen) atoms. The van der Waals surface area contributed by atoms with Crippen LogP contribution in [0.15, 0.2) is 42.5 Å². The Bertz CT molecular complexity index is 1090. The number of nitrogens with zero attached hydrogens (tertiary/aromatic N) is 1. The molecule has 7 atom stereocenters. The summed E-state index contributed by atoms with van der Waals surface area (Å²) in [5.41, 5.74) is 3.84. The normalized spacial score (nSPS) is 34.8. The van der Waals surface area contributed by atoms with E-state index in [1.54, 1.807) is 6.07 Å². The summed E-state index contributed by atoms with van der Waals surface area (Å²) in [5, 5.41) is 22.3. The first-order valence-electron chi connectivity index (χ1n) is 11.6. The first-order chi connectivity index (χ1) is 15.4. The summed E-state index contributed by atoms with van der Waals surface area (Å²) >= 11 is 0. The SMILES string of the molecule is Cc1ccc(C2[C@@H]3[C@@H](C)NC(=O)[C@@]34C(C)C4C[C@H]2c2ccc(OCCO)cc2C#N)cc1. The van der Waals surface area contributed by atoms with E-state index in [0.717, 1.165) is 12.0 Å². The van der Waals surface area contributed by atoms with Crippen LogP contribution in [0.1, 0.15) is 54.4 Å². The van der Waals surface area contributed by atoms with Crippen molar-refractivity contribution in [1.29, 1.82) is 5.26 Å². The van der Waals surface area contributed by atoms with Crippen LogP contribution in [0.5, 0.6) is 5.75 Å². The number of ether oxygens (including phenoxy) is 1. The number of nitrogens with one attached hydrogen (secondary N) is 1. The van der Waals surface area contributed by atoms with Crippen molar-refractivity contribution in [2.75, 3.05) is 13.2 Å². The molecule has 5 rings (SSSR count). The van der Waals surface area contributed by atoms with Crippen LogP contribution >= 0.6 is 0 Å². The van der Waals surface area contributed by atoms with Gasteiger partial charge in [0.15, 0.2) is 0 Å². The van der Waals surface area contributed by atoms with Gasteiger partial charge >= 0.3 is 0 Å². The number of hydrogen-bond acceptors (Lipinski definition) is 4. The van der Waals surface area contributed by atoms with Crippen molar-refractivity contribution >= 4 is 5.91 Å². The zero-order valence-corrected chi connectivity index (χ0v) is 18.8. The van der Waals surface area contributed by atoms with Crippen LogP contribution < -0.4 is 10.1 Å². The molecule has 2 aliphatic carbocycles. The van der Waals surface area contributed by atoms with E-state index in [9.17, 15) is 10.1 Å². The van der Waals surface area contributed by atoms with Crippen molar-refractivity contribution in [2.24, 2.45) is 23.2 Å². The minimum absolute atomic E-state index is 0.0655. The number of carbonyl (C=O) groups excluding carboxylic acids is 1. The number of hydrogen-bond donors (Lipinski definition) is 2. The Kier molecular flexibility index (Phi) is 5.02. The highest BCUT2D eigenvalue weighted by atomic mass is 16.5. The smallest absolute Gasteiger partial charge is 0.227 e. The zero-order valence-electron chi connectivity index (χ0n) is 18.8. The molecule has 0 bridgehead atoms.